The second-order valence-corrected chi connectivity index (χ2v) is 7.01. The molecule has 0 aromatic carbocycles. The van der Waals surface area contributed by atoms with Crippen molar-refractivity contribution in [1.29, 1.82) is 0 Å². The van der Waals surface area contributed by atoms with Crippen molar-refractivity contribution >= 4 is 27.3 Å². The van der Waals surface area contributed by atoms with Crippen molar-refractivity contribution in [3.05, 3.63) is 20.8 Å². The topological polar surface area (TPSA) is 20.2 Å². The van der Waals surface area contributed by atoms with Crippen LogP contribution in [0.4, 0.5) is 0 Å². The standard InChI is InChI=1S/C13H17BrOS/c14-10-5-6-16-12(10)7-11(15)13-8-3-1-2-4-9(8)13/h5-6,8-9,11,13,15H,1-4,7H2. The fraction of sp³-hybridized carbons (Fsp3) is 0.692. The SMILES string of the molecule is OC(Cc1sccc1Br)C1C2CCCCC21. The van der Waals surface area contributed by atoms with Gasteiger partial charge in [0.1, 0.15) is 0 Å². The fourth-order valence-corrected chi connectivity index (χ4v) is 4.98. The summed E-state index contributed by atoms with van der Waals surface area (Å²) in [6, 6.07) is 2.08. The van der Waals surface area contributed by atoms with Crippen molar-refractivity contribution in [2.24, 2.45) is 17.8 Å². The molecule has 2 aliphatic carbocycles. The normalized spacial score (nSPS) is 34.5. The van der Waals surface area contributed by atoms with Crippen molar-refractivity contribution < 1.29 is 5.11 Å². The van der Waals surface area contributed by atoms with Gasteiger partial charge in [0.05, 0.1) is 6.10 Å². The van der Waals surface area contributed by atoms with Gasteiger partial charge in [-0.05, 0) is 58.0 Å². The molecule has 2 saturated carbocycles. The summed E-state index contributed by atoms with van der Waals surface area (Å²) in [6.07, 6.45) is 6.22. The zero-order chi connectivity index (χ0) is 11.1. The summed E-state index contributed by atoms with van der Waals surface area (Å²) in [7, 11) is 0. The third kappa shape index (κ3) is 1.98. The molecule has 1 nitrogen and oxygen atoms in total. The smallest absolute Gasteiger partial charge is 0.0622 e. The number of hydrogen-bond donors (Lipinski definition) is 1. The summed E-state index contributed by atoms with van der Waals surface area (Å²) in [5.74, 6) is 2.31. The Balaban J connectivity index is 1.62. The lowest BCUT2D eigenvalue weighted by Gasteiger charge is -2.09. The molecule has 3 unspecified atom stereocenters. The summed E-state index contributed by atoms with van der Waals surface area (Å²) >= 11 is 5.29. The molecular weight excluding hydrogens is 284 g/mol. The van der Waals surface area contributed by atoms with Gasteiger partial charge in [-0.3, -0.25) is 0 Å². The maximum absolute atomic E-state index is 10.3. The Labute approximate surface area is 109 Å². The minimum atomic E-state index is -0.108. The summed E-state index contributed by atoms with van der Waals surface area (Å²) in [5.41, 5.74) is 0. The van der Waals surface area contributed by atoms with E-state index < -0.39 is 0 Å². The predicted octanol–water partition coefficient (Wildman–Crippen LogP) is 3.85. The minimum Gasteiger partial charge on any atom is -0.392 e. The van der Waals surface area contributed by atoms with Crippen LogP contribution in [-0.4, -0.2) is 11.2 Å². The van der Waals surface area contributed by atoms with E-state index in [4.69, 9.17) is 0 Å². The van der Waals surface area contributed by atoms with Crippen LogP contribution in [-0.2, 0) is 6.42 Å². The molecule has 0 saturated heterocycles. The van der Waals surface area contributed by atoms with Gasteiger partial charge in [0.25, 0.3) is 0 Å². The van der Waals surface area contributed by atoms with E-state index in [-0.39, 0.29) is 6.10 Å². The summed E-state index contributed by atoms with van der Waals surface area (Å²) in [6.45, 7) is 0. The third-order valence-electron chi connectivity index (χ3n) is 4.25. The van der Waals surface area contributed by atoms with Crippen LogP contribution in [0.25, 0.3) is 0 Å². The first-order valence-electron chi connectivity index (χ1n) is 6.17. The van der Waals surface area contributed by atoms with Gasteiger partial charge in [-0.25, -0.2) is 0 Å². The van der Waals surface area contributed by atoms with E-state index in [9.17, 15) is 5.11 Å². The maximum Gasteiger partial charge on any atom is 0.0622 e. The Hall–Kier alpha value is 0.140. The van der Waals surface area contributed by atoms with E-state index in [0.717, 1.165) is 18.3 Å². The first kappa shape index (κ1) is 11.2. The molecule has 3 rings (SSSR count). The number of thiophene rings is 1. The first-order chi connectivity index (χ1) is 7.77. The summed E-state index contributed by atoms with van der Waals surface area (Å²) < 4.78 is 1.17. The summed E-state index contributed by atoms with van der Waals surface area (Å²) in [5, 5.41) is 12.4. The van der Waals surface area contributed by atoms with E-state index in [2.05, 4.69) is 27.4 Å². The number of rotatable bonds is 3. The second kappa shape index (κ2) is 4.43. The van der Waals surface area contributed by atoms with E-state index in [1.165, 1.54) is 35.0 Å². The third-order valence-corrected chi connectivity index (χ3v) is 6.20. The molecule has 0 amide bonds. The highest BCUT2D eigenvalue weighted by molar-refractivity contribution is 9.10. The number of aliphatic hydroxyl groups excluding tert-OH is 1. The van der Waals surface area contributed by atoms with Crippen LogP contribution in [0.2, 0.25) is 0 Å². The lowest BCUT2D eigenvalue weighted by Crippen LogP contribution is -2.14. The maximum atomic E-state index is 10.3. The van der Waals surface area contributed by atoms with Crippen molar-refractivity contribution in [1.82, 2.24) is 0 Å². The van der Waals surface area contributed by atoms with Crippen LogP contribution in [0, 0.1) is 17.8 Å². The molecule has 2 aliphatic rings. The van der Waals surface area contributed by atoms with Crippen molar-refractivity contribution in [2.45, 2.75) is 38.2 Å². The van der Waals surface area contributed by atoms with Gasteiger partial charge in [-0.1, -0.05) is 12.8 Å². The average molecular weight is 301 g/mol. The molecule has 16 heavy (non-hydrogen) atoms. The molecule has 1 aromatic rings. The van der Waals surface area contributed by atoms with Gasteiger partial charge in [-0.15, -0.1) is 11.3 Å². The molecule has 0 bridgehead atoms. The number of halogens is 1. The molecule has 88 valence electrons. The van der Waals surface area contributed by atoms with Gasteiger partial charge < -0.3 is 5.11 Å². The van der Waals surface area contributed by atoms with E-state index in [0.29, 0.717) is 5.92 Å². The van der Waals surface area contributed by atoms with E-state index in [1.54, 1.807) is 11.3 Å². The zero-order valence-electron chi connectivity index (χ0n) is 9.23. The second-order valence-electron chi connectivity index (χ2n) is 5.15. The van der Waals surface area contributed by atoms with Gasteiger partial charge in [-0.2, -0.15) is 0 Å². The van der Waals surface area contributed by atoms with Crippen LogP contribution in [0.5, 0.6) is 0 Å². The van der Waals surface area contributed by atoms with Crippen molar-refractivity contribution in [3.63, 3.8) is 0 Å². The quantitative estimate of drug-likeness (QED) is 0.899. The first-order valence-corrected chi connectivity index (χ1v) is 7.84. The van der Waals surface area contributed by atoms with Gasteiger partial charge in [0, 0.05) is 15.8 Å². The molecule has 1 aromatic heterocycles. The Morgan fingerprint density at radius 3 is 2.62 bits per heavy atom. The predicted molar refractivity (Wildman–Crippen MR) is 70.7 cm³/mol. The number of aliphatic hydroxyl groups is 1. The van der Waals surface area contributed by atoms with Gasteiger partial charge in [0.2, 0.25) is 0 Å². The molecule has 3 heteroatoms. The molecule has 0 aliphatic heterocycles. The van der Waals surface area contributed by atoms with Crippen LogP contribution in [0.3, 0.4) is 0 Å². The largest absolute Gasteiger partial charge is 0.392 e. The molecular formula is C13H17BrOS. The van der Waals surface area contributed by atoms with Crippen molar-refractivity contribution in [3.8, 4) is 0 Å². The monoisotopic (exact) mass is 300 g/mol. The lowest BCUT2D eigenvalue weighted by atomic mass is 10.0. The molecule has 1 heterocycles. The van der Waals surface area contributed by atoms with Crippen LogP contribution >= 0.6 is 27.3 Å². The Morgan fingerprint density at radius 2 is 2.06 bits per heavy atom. The Bertz CT molecular complexity index is 364. The van der Waals surface area contributed by atoms with Crippen LogP contribution in [0.15, 0.2) is 15.9 Å². The molecule has 3 atom stereocenters. The highest BCUT2D eigenvalue weighted by Gasteiger charge is 2.53. The highest BCUT2D eigenvalue weighted by atomic mass is 79.9. The highest BCUT2D eigenvalue weighted by Crippen LogP contribution is 2.57. The van der Waals surface area contributed by atoms with Crippen LogP contribution in [0.1, 0.15) is 30.6 Å². The van der Waals surface area contributed by atoms with Gasteiger partial charge in [0.15, 0.2) is 0 Å². The van der Waals surface area contributed by atoms with Crippen LogP contribution < -0.4 is 0 Å². The number of hydrogen-bond acceptors (Lipinski definition) is 2. The molecule has 2 fully saturated rings. The van der Waals surface area contributed by atoms with Crippen molar-refractivity contribution in [2.75, 3.05) is 0 Å². The lowest BCUT2D eigenvalue weighted by molar-refractivity contribution is 0.141. The summed E-state index contributed by atoms with van der Waals surface area (Å²) in [4.78, 5) is 1.30. The number of fused-ring (bicyclic) bond motifs is 1. The average Bonchev–Trinajstić information content (AvgIpc) is 2.90. The Kier molecular flexibility index (Phi) is 3.11. The zero-order valence-corrected chi connectivity index (χ0v) is 11.6. The van der Waals surface area contributed by atoms with E-state index in [1.807, 2.05) is 0 Å². The van der Waals surface area contributed by atoms with E-state index >= 15 is 0 Å². The molecule has 0 radical (unpaired) electrons. The minimum absolute atomic E-state index is 0.108. The molecule has 0 spiro atoms. The Morgan fingerprint density at radius 1 is 1.38 bits per heavy atom. The molecule has 1 N–H and O–H groups in total. The van der Waals surface area contributed by atoms with Gasteiger partial charge >= 0.3 is 0 Å². The fourth-order valence-electron chi connectivity index (χ4n) is 3.42.